The van der Waals surface area contributed by atoms with Gasteiger partial charge in [0.25, 0.3) is 0 Å². The van der Waals surface area contributed by atoms with E-state index in [2.05, 4.69) is 15.6 Å². The van der Waals surface area contributed by atoms with E-state index < -0.39 is 11.3 Å². The van der Waals surface area contributed by atoms with E-state index in [1.165, 1.54) is 0 Å². The average Bonchev–Trinajstić information content (AvgIpc) is 2.94. The summed E-state index contributed by atoms with van der Waals surface area (Å²) < 4.78 is 0. The maximum atomic E-state index is 12.3. The number of para-hydroxylation sites is 1. The lowest BCUT2D eigenvalue weighted by Gasteiger charge is -2.21. The van der Waals surface area contributed by atoms with Crippen LogP contribution in [0, 0.1) is 5.41 Å². The van der Waals surface area contributed by atoms with Gasteiger partial charge in [-0.15, -0.1) is 24.0 Å². The first-order valence-corrected chi connectivity index (χ1v) is 8.53. The van der Waals surface area contributed by atoms with Gasteiger partial charge in [0.05, 0.1) is 18.0 Å². The van der Waals surface area contributed by atoms with Crippen molar-refractivity contribution in [2.45, 2.75) is 33.2 Å². The van der Waals surface area contributed by atoms with Crippen LogP contribution in [0.3, 0.4) is 0 Å². The van der Waals surface area contributed by atoms with E-state index in [0.717, 1.165) is 5.69 Å². The van der Waals surface area contributed by atoms with Crippen LogP contribution in [0.1, 0.15) is 27.2 Å². The van der Waals surface area contributed by atoms with E-state index in [4.69, 9.17) is 5.73 Å². The van der Waals surface area contributed by atoms with Gasteiger partial charge in [-0.3, -0.25) is 14.6 Å². The number of primary amides is 1. The van der Waals surface area contributed by atoms with Gasteiger partial charge in [0.15, 0.2) is 5.96 Å². The predicted molar refractivity (Wildman–Crippen MR) is 115 cm³/mol. The van der Waals surface area contributed by atoms with Crippen LogP contribution in [0.15, 0.2) is 35.3 Å². The zero-order chi connectivity index (χ0) is 18.4. The lowest BCUT2D eigenvalue weighted by molar-refractivity contribution is -0.125. The van der Waals surface area contributed by atoms with Crippen LogP contribution < -0.4 is 21.3 Å². The van der Waals surface area contributed by atoms with Gasteiger partial charge >= 0.3 is 0 Å². The minimum atomic E-state index is -0.718. The molecular formula is C18H28IN5O2. The fraction of sp³-hybridized carbons (Fsp3) is 0.500. The molecule has 8 heteroatoms. The third-order valence-corrected chi connectivity index (χ3v) is 4.18. The number of hydrogen-bond acceptors (Lipinski definition) is 3. The number of nitrogens with two attached hydrogens (primary N) is 1. The molecule has 0 saturated carbocycles. The summed E-state index contributed by atoms with van der Waals surface area (Å²) in [6.07, 6.45) is 0.401. The highest BCUT2D eigenvalue weighted by Gasteiger charge is 2.31. The average molecular weight is 473 g/mol. The van der Waals surface area contributed by atoms with Gasteiger partial charge < -0.3 is 21.3 Å². The van der Waals surface area contributed by atoms with Gasteiger partial charge in [-0.25, -0.2) is 0 Å². The minimum absolute atomic E-state index is 0. The molecule has 1 heterocycles. The van der Waals surface area contributed by atoms with Gasteiger partial charge in [0, 0.05) is 25.2 Å². The van der Waals surface area contributed by atoms with Crippen molar-refractivity contribution in [1.82, 2.24) is 10.6 Å². The number of hydrogen-bond donors (Lipinski definition) is 3. The van der Waals surface area contributed by atoms with Crippen molar-refractivity contribution in [3.63, 3.8) is 0 Å². The maximum absolute atomic E-state index is 12.3. The number of anilines is 1. The summed E-state index contributed by atoms with van der Waals surface area (Å²) in [6.45, 7) is 7.03. The number of carbonyl (C=O) groups excluding carboxylic acids is 2. The summed E-state index contributed by atoms with van der Waals surface area (Å²) >= 11 is 0. The van der Waals surface area contributed by atoms with E-state index in [-0.39, 0.29) is 42.5 Å². The summed E-state index contributed by atoms with van der Waals surface area (Å²) in [7, 11) is 0. The quantitative estimate of drug-likeness (QED) is 0.331. The van der Waals surface area contributed by atoms with Crippen LogP contribution in [-0.2, 0) is 9.59 Å². The van der Waals surface area contributed by atoms with Crippen molar-refractivity contribution in [3.8, 4) is 0 Å². The first-order chi connectivity index (χ1) is 11.8. The molecule has 0 aliphatic carbocycles. The summed E-state index contributed by atoms with van der Waals surface area (Å²) in [6, 6.07) is 9.57. The molecule has 1 aliphatic heterocycles. The SMILES string of the molecule is CCNC(=NCC(C)(C)C(N)=O)NC1CC(=O)N(c2ccccc2)C1.I. The molecule has 1 aromatic rings. The van der Waals surface area contributed by atoms with Crippen LogP contribution in [0.5, 0.6) is 0 Å². The third-order valence-electron chi connectivity index (χ3n) is 4.18. The first kappa shape index (κ1) is 22.2. The molecule has 144 valence electrons. The van der Waals surface area contributed by atoms with Crippen molar-refractivity contribution in [1.29, 1.82) is 0 Å². The normalized spacial score (nSPS) is 17.7. The Labute approximate surface area is 171 Å². The number of benzene rings is 1. The van der Waals surface area contributed by atoms with Gasteiger partial charge in [0.2, 0.25) is 11.8 Å². The molecular weight excluding hydrogens is 445 g/mol. The summed E-state index contributed by atoms with van der Waals surface area (Å²) in [5.74, 6) is 0.278. The molecule has 26 heavy (non-hydrogen) atoms. The molecule has 0 spiro atoms. The number of guanidine groups is 1. The topological polar surface area (TPSA) is 99.8 Å². The van der Waals surface area contributed by atoms with Crippen LogP contribution in [-0.4, -0.2) is 43.5 Å². The molecule has 2 amide bonds. The molecule has 2 rings (SSSR count). The molecule has 1 saturated heterocycles. The molecule has 1 atom stereocenters. The lowest BCUT2D eigenvalue weighted by atomic mass is 9.93. The van der Waals surface area contributed by atoms with Crippen LogP contribution in [0.25, 0.3) is 0 Å². The first-order valence-electron chi connectivity index (χ1n) is 8.53. The summed E-state index contributed by atoms with van der Waals surface area (Å²) in [4.78, 5) is 30.0. The van der Waals surface area contributed by atoms with E-state index in [1.807, 2.05) is 37.3 Å². The van der Waals surface area contributed by atoms with Crippen molar-refractivity contribution in [2.24, 2.45) is 16.1 Å². The number of nitrogens with zero attached hydrogens (tertiary/aromatic N) is 2. The largest absolute Gasteiger partial charge is 0.369 e. The lowest BCUT2D eigenvalue weighted by Crippen LogP contribution is -2.45. The molecule has 1 unspecified atom stereocenters. The smallest absolute Gasteiger partial charge is 0.229 e. The Morgan fingerprint density at radius 1 is 1.35 bits per heavy atom. The van der Waals surface area contributed by atoms with Crippen LogP contribution in [0.4, 0.5) is 5.69 Å². The number of rotatable bonds is 6. The monoisotopic (exact) mass is 473 g/mol. The highest BCUT2D eigenvalue weighted by Crippen LogP contribution is 2.21. The second kappa shape index (κ2) is 9.75. The Hall–Kier alpha value is -1.84. The van der Waals surface area contributed by atoms with Gasteiger partial charge in [-0.2, -0.15) is 0 Å². The summed E-state index contributed by atoms with van der Waals surface area (Å²) in [5, 5.41) is 6.43. The molecule has 4 N–H and O–H groups in total. The number of aliphatic imine (C=N–C) groups is 1. The van der Waals surface area contributed by atoms with Crippen molar-refractivity contribution >= 4 is 47.4 Å². The second-order valence-corrected chi connectivity index (χ2v) is 6.83. The number of halogens is 1. The maximum Gasteiger partial charge on any atom is 0.229 e. The molecule has 1 aliphatic rings. The van der Waals surface area contributed by atoms with E-state index in [1.54, 1.807) is 18.7 Å². The minimum Gasteiger partial charge on any atom is -0.369 e. The Morgan fingerprint density at radius 3 is 2.58 bits per heavy atom. The van der Waals surface area contributed by atoms with E-state index in [0.29, 0.717) is 25.5 Å². The fourth-order valence-corrected chi connectivity index (χ4v) is 2.53. The van der Waals surface area contributed by atoms with E-state index in [9.17, 15) is 9.59 Å². The third kappa shape index (κ3) is 5.86. The molecule has 0 aromatic heterocycles. The number of amides is 2. The van der Waals surface area contributed by atoms with Gasteiger partial charge in [-0.05, 0) is 32.9 Å². The van der Waals surface area contributed by atoms with Crippen molar-refractivity contribution in [3.05, 3.63) is 30.3 Å². The van der Waals surface area contributed by atoms with Gasteiger partial charge in [-0.1, -0.05) is 18.2 Å². The Kier molecular flexibility index (Phi) is 8.32. The van der Waals surface area contributed by atoms with Crippen molar-refractivity contribution in [2.75, 3.05) is 24.5 Å². The Bertz CT molecular complexity index is 648. The number of carbonyl (C=O) groups is 2. The molecule has 0 radical (unpaired) electrons. The highest BCUT2D eigenvalue weighted by atomic mass is 127. The molecule has 1 aromatic carbocycles. The highest BCUT2D eigenvalue weighted by molar-refractivity contribution is 14.0. The predicted octanol–water partition coefficient (Wildman–Crippen LogP) is 1.48. The van der Waals surface area contributed by atoms with Crippen molar-refractivity contribution < 1.29 is 9.59 Å². The zero-order valence-electron chi connectivity index (χ0n) is 15.5. The Morgan fingerprint density at radius 2 is 2.00 bits per heavy atom. The van der Waals surface area contributed by atoms with Gasteiger partial charge in [0.1, 0.15) is 0 Å². The van der Waals surface area contributed by atoms with E-state index >= 15 is 0 Å². The zero-order valence-corrected chi connectivity index (χ0v) is 17.8. The molecule has 7 nitrogen and oxygen atoms in total. The molecule has 0 bridgehead atoms. The summed E-state index contributed by atoms with van der Waals surface area (Å²) in [5.41, 5.74) is 5.57. The number of nitrogens with one attached hydrogen (secondary N) is 2. The Balaban J connectivity index is 0.00000338. The van der Waals surface area contributed by atoms with Crippen LogP contribution in [0.2, 0.25) is 0 Å². The standard InChI is InChI=1S/C18H27N5O2.HI/c1-4-20-17(21-12-18(2,3)16(19)25)22-13-10-15(24)23(11-13)14-8-6-5-7-9-14;/h5-9,13H,4,10-12H2,1-3H3,(H2,19,25)(H2,20,21,22);1H. The second-order valence-electron chi connectivity index (χ2n) is 6.83. The fourth-order valence-electron chi connectivity index (χ4n) is 2.53. The van der Waals surface area contributed by atoms with Crippen LogP contribution >= 0.6 is 24.0 Å². The molecule has 1 fully saturated rings.